The summed E-state index contributed by atoms with van der Waals surface area (Å²) in [5, 5.41) is -6.92. The maximum atomic E-state index is 16.1. The molecule has 6 rings (SSSR count). The molecule has 0 aromatic rings. The van der Waals surface area contributed by atoms with Crippen LogP contribution in [0.25, 0.3) is 0 Å². The van der Waals surface area contributed by atoms with Crippen LogP contribution < -0.4 is 0 Å². The van der Waals surface area contributed by atoms with Crippen LogP contribution in [0.3, 0.4) is 0 Å². The Hall–Kier alpha value is -1.34. The first-order chi connectivity index (χ1) is 24.2. The summed E-state index contributed by atoms with van der Waals surface area (Å²) < 4.78 is 163. The number of carbonyl (C=O) groups excluding carboxylic acids is 4. The molecule has 0 spiro atoms. The first-order valence-electron chi connectivity index (χ1n) is 16.1. The fourth-order valence-electron chi connectivity index (χ4n) is 8.39. The summed E-state index contributed by atoms with van der Waals surface area (Å²) in [7, 11) is 0.961. The molecule has 0 aromatic heterocycles. The molecule has 22 heteroatoms. The Morgan fingerprint density at radius 3 is 1.19 bits per heavy atom. The van der Waals surface area contributed by atoms with E-state index in [4.69, 9.17) is 55.9 Å². The second kappa shape index (κ2) is 14.3. The highest BCUT2D eigenvalue weighted by Gasteiger charge is 2.69. The van der Waals surface area contributed by atoms with Crippen molar-refractivity contribution in [1.29, 1.82) is 0 Å². The largest absolute Gasteiger partial charge is 0.366 e. The Morgan fingerprint density at radius 1 is 0.442 bits per heavy atom. The fourth-order valence-corrected chi connectivity index (χ4v) is 9.98. The molecule has 4 saturated carbocycles. The Labute approximate surface area is 309 Å². The summed E-state index contributed by atoms with van der Waals surface area (Å²) in [4.78, 5) is 51.5. The topological polar surface area (TPSA) is 93.2 Å². The Bertz CT molecular complexity index is 1440. The van der Waals surface area contributed by atoms with Crippen molar-refractivity contribution in [1.82, 2.24) is 9.80 Å². The van der Waals surface area contributed by atoms with Gasteiger partial charge in [0.25, 0.3) is 0 Å². The molecule has 0 N–H and O–H groups in total. The number of ether oxygens (including phenoxy) is 2. The lowest BCUT2D eigenvalue weighted by Crippen LogP contribution is -2.64. The van der Waals surface area contributed by atoms with Crippen LogP contribution in [-0.2, 0) is 28.7 Å². The average molecular weight is 846 g/mol. The number of rotatable bonds is 5. The third-order valence-electron chi connectivity index (χ3n) is 11.3. The molecule has 6 aliphatic rings. The van der Waals surface area contributed by atoms with E-state index in [1.165, 1.54) is 0 Å². The van der Waals surface area contributed by atoms with E-state index in [2.05, 4.69) is 0 Å². The second-order valence-electron chi connectivity index (χ2n) is 14.1. The van der Waals surface area contributed by atoms with Gasteiger partial charge in [-0.3, -0.25) is 29.0 Å². The van der Waals surface area contributed by atoms with E-state index in [0.29, 0.717) is 4.90 Å². The van der Waals surface area contributed by atoms with Gasteiger partial charge in [0.15, 0.2) is 24.7 Å². The minimum absolute atomic E-state index is 0.229. The summed E-state index contributed by atoms with van der Waals surface area (Å²) in [5.74, 6) is -16.5. The minimum atomic E-state index is -3.13. The molecule has 294 valence electrons. The van der Waals surface area contributed by atoms with E-state index in [-0.39, 0.29) is 4.90 Å². The predicted octanol–water partition coefficient (Wildman–Crippen LogP) is 4.20. The van der Waals surface area contributed by atoms with Crippen LogP contribution in [0.4, 0.5) is 43.9 Å². The number of imide groups is 2. The molecule has 22 atom stereocenters. The Balaban J connectivity index is 1.20. The molecule has 52 heavy (non-hydrogen) atoms. The van der Waals surface area contributed by atoms with Crippen molar-refractivity contribution in [3.05, 3.63) is 0 Å². The number of hydrogen-bond donors (Lipinski definition) is 0. The lowest BCUT2D eigenvalue weighted by Gasteiger charge is -2.48. The van der Waals surface area contributed by atoms with Gasteiger partial charge in [0.2, 0.25) is 23.6 Å². The van der Waals surface area contributed by atoms with E-state index in [9.17, 15) is 32.3 Å². The summed E-state index contributed by atoms with van der Waals surface area (Å²) in [6.07, 6.45) is -37.3. The van der Waals surface area contributed by atoms with Crippen molar-refractivity contribution >= 4 is 70.0 Å². The van der Waals surface area contributed by atoms with Crippen molar-refractivity contribution < 1.29 is 72.6 Å². The van der Waals surface area contributed by atoms with E-state index < -0.39 is 167 Å². The number of halogens is 14. The molecule has 2 saturated heterocycles. The van der Waals surface area contributed by atoms with Crippen molar-refractivity contribution in [2.45, 2.75) is 121 Å². The molecule has 4 amide bonds. The molecule has 8 nitrogen and oxygen atoms in total. The maximum Gasteiger partial charge on any atom is 0.236 e. The first-order valence-corrected chi connectivity index (χ1v) is 17.9. The smallest absolute Gasteiger partial charge is 0.236 e. The fraction of sp³-hybridized carbons (Fsp3) is 0.867. The zero-order valence-corrected chi connectivity index (χ0v) is 29.5. The predicted molar refractivity (Wildman–Crippen MR) is 161 cm³/mol. The molecule has 0 bridgehead atoms. The van der Waals surface area contributed by atoms with Crippen LogP contribution in [0.15, 0.2) is 0 Å². The molecule has 0 radical (unpaired) electrons. The van der Waals surface area contributed by atoms with Gasteiger partial charge in [-0.1, -0.05) is 6.92 Å². The molecule has 6 fully saturated rings. The van der Waals surface area contributed by atoms with Gasteiger partial charge in [-0.2, -0.15) is 0 Å². The first kappa shape index (κ1) is 40.3. The summed E-state index contributed by atoms with van der Waals surface area (Å²) in [5.41, 5.74) is 0. The third kappa shape index (κ3) is 5.75. The van der Waals surface area contributed by atoms with Gasteiger partial charge in [-0.25, -0.2) is 43.9 Å². The molecule has 4 aliphatic carbocycles. The molecule has 22 unspecified atom stereocenters. The van der Waals surface area contributed by atoms with Gasteiger partial charge in [0.1, 0.15) is 55.3 Å². The maximum absolute atomic E-state index is 16.1. The second-order valence-corrected chi connectivity index (χ2v) is 16.1. The third-order valence-corrected chi connectivity index (χ3v) is 13.7. The van der Waals surface area contributed by atoms with Crippen LogP contribution >= 0.6 is 46.4 Å². The van der Waals surface area contributed by atoms with Gasteiger partial charge in [0, 0.05) is 13.0 Å². The quantitative estimate of drug-likeness (QED) is 0.234. The number of fused-ring (bicyclic) bond motifs is 2. The van der Waals surface area contributed by atoms with E-state index in [1.807, 2.05) is 0 Å². The van der Waals surface area contributed by atoms with Crippen molar-refractivity contribution in [2.75, 3.05) is 7.05 Å². The summed E-state index contributed by atoms with van der Waals surface area (Å²) in [6, 6.07) is -2.62. The SMILES string of the molecule is CC1C(F)C(F)C(F)C(N2C(=O)C3C(F)C(F)C(OC4C(Cl)C(Cl)C(OC5C(F)C(F)C6C(=O)N(C)C(=O)C6C5F)C(Cl)C4Cl)C(F)C3C2=O)C1F. The van der Waals surface area contributed by atoms with Gasteiger partial charge in [-0.05, 0) is 0 Å². The van der Waals surface area contributed by atoms with E-state index >= 15 is 30.7 Å². The number of nitrogens with zero attached hydrogens (tertiary/aromatic N) is 2. The van der Waals surface area contributed by atoms with Crippen LogP contribution in [-0.4, -0.2) is 154 Å². The molecular formula is C30H30Cl4F10N2O6. The van der Waals surface area contributed by atoms with Crippen molar-refractivity contribution in [3.63, 3.8) is 0 Å². The van der Waals surface area contributed by atoms with E-state index in [0.717, 1.165) is 14.0 Å². The number of amides is 4. The highest BCUT2D eigenvalue weighted by Crippen LogP contribution is 2.50. The van der Waals surface area contributed by atoms with Crippen LogP contribution in [0.2, 0.25) is 0 Å². The van der Waals surface area contributed by atoms with E-state index in [1.54, 1.807) is 0 Å². The van der Waals surface area contributed by atoms with Crippen molar-refractivity contribution in [3.8, 4) is 0 Å². The van der Waals surface area contributed by atoms with Gasteiger partial charge in [-0.15, -0.1) is 46.4 Å². The molecule has 0 aromatic carbocycles. The van der Waals surface area contributed by atoms with Gasteiger partial charge < -0.3 is 9.47 Å². The Morgan fingerprint density at radius 2 is 0.788 bits per heavy atom. The molecule has 2 aliphatic heterocycles. The number of carbonyl (C=O) groups is 4. The van der Waals surface area contributed by atoms with Crippen LogP contribution in [0.5, 0.6) is 0 Å². The zero-order valence-electron chi connectivity index (χ0n) is 26.5. The average Bonchev–Trinajstić information content (AvgIpc) is 3.50. The standard InChI is InChI=1S/C30H30Cl4F10N2O6/c1-3-12(35)18(41)19(42)22(13(3)36)46-29(49)5-7(30(46)50)17(40)26(21(44)15(5)38)52-24-10(33)8(31)23(9(32)11(24)34)51-25-16(39)6-4(14(37)20(25)43)27(47)45(2)28(6)48/h3-26H,1-2H3. The monoisotopic (exact) mass is 844 g/mol. The summed E-state index contributed by atoms with van der Waals surface area (Å²) in [6.45, 7) is 0.834. The van der Waals surface area contributed by atoms with Crippen LogP contribution in [0.1, 0.15) is 6.92 Å². The lowest BCUT2D eigenvalue weighted by atomic mass is 9.75. The minimum Gasteiger partial charge on any atom is -0.366 e. The highest BCUT2D eigenvalue weighted by atomic mass is 35.5. The number of likely N-dealkylation sites (tertiary alicyclic amines) is 2. The zero-order chi connectivity index (χ0) is 38.7. The van der Waals surface area contributed by atoms with Gasteiger partial charge >= 0.3 is 0 Å². The molecule has 2 heterocycles. The lowest BCUT2D eigenvalue weighted by molar-refractivity contribution is -0.181. The highest BCUT2D eigenvalue weighted by molar-refractivity contribution is 6.35. The number of hydrogen-bond acceptors (Lipinski definition) is 6. The number of alkyl halides is 14. The normalized spacial score (nSPS) is 55.5. The molecular weight excluding hydrogens is 816 g/mol. The van der Waals surface area contributed by atoms with Crippen LogP contribution in [0, 0.1) is 29.6 Å². The Kier molecular flexibility index (Phi) is 11.1. The summed E-state index contributed by atoms with van der Waals surface area (Å²) >= 11 is 25.6. The van der Waals surface area contributed by atoms with Crippen molar-refractivity contribution in [2.24, 2.45) is 29.6 Å². The van der Waals surface area contributed by atoms with Gasteiger partial charge in [0.05, 0.1) is 57.4 Å².